The molecule has 0 saturated carbocycles. The van der Waals surface area contributed by atoms with Crippen LogP contribution >= 0.6 is 0 Å². The van der Waals surface area contributed by atoms with Gasteiger partial charge < -0.3 is 4.52 Å². The lowest BCUT2D eigenvalue weighted by Gasteiger charge is -2.25. The minimum atomic E-state index is -3.59. The number of aromatic nitrogens is 1. The molecule has 0 bridgehead atoms. The predicted octanol–water partition coefficient (Wildman–Crippen LogP) is 2.51. The van der Waals surface area contributed by atoms with E-state index in [4.69, 9.17) is 4.52 Å². The van der Waals surface area contributed by atoms with E-state index < -0.39 is 25.7 Å². The summed E-state index contributed by atoms with van der Waals surface area (Å²) in [4.78, 5) is 12.3. The number of nitrogens with one attached hydrogen (secondary N) is 1. The fraction of sp³-hybridized carbons (Fsp3) is 0.714. The van der Waals surface area contributed by atoms with Crippen molar-refractivity contribution in [3.8, 4) is 0 Å². The number of amides is 1. The van der Waals surface area contributed by atoms with Gasteiger partial charge in [-0.1, -0.05) is 25.9 Å². The van der Waals surface area contributed by atoms with Crippen molar-refractivity contribution in [2.75, 3.05) is 5.32 Å². The monoisotopic (exact) mass is 316 g/mol. The molecular formula is C14H24N2O4S. The summed E-state index contributed by atoms with van der Waals surface area (Å²) in [5.41, 5.74) is 0.466. The van der Waals surface area contributed by atoms with Gasteiger partial charge in [0.2, 0.25) is 11.8 Å². The Labute approximate surface area is 126 Å². The summed E-state index contributed by atoms with van der Waals surface area (Å²) in [5, 5.41) is 5.73. The number of anilines is 1. The third-order valence-electron chi connectivity index (χ3n) is 3.39. The molecule has 0 aromatic carbocycles. The van der Waals surface area contributed by atoms with Crippen LogP contribution in [0.15, 0.2) is 10.6 Å². The second kappa shape index (κ2) is 5.44. The van der Waals surface area contributed by atoms with Gasteiger partial charge in [-0.05, 0) is 27.7 Å². The first-order valence-electron chi connectivity index (χ1n) is 6.82. The minimum absolute atomic E-state index is 0.150. The molecule has 0 aliphatic carbocycles. The first-order chi connectivity index (χ1) is 9.30. The van der Waals surface area contributed by atoms with E-state index in [-0.39, 0.29) is 11.3 Å². The lowest BCUT2D eigenvalue weighted by Crippen LogP contribution is -2.47. The molecule has 1 rings (SSSR count). The molecule has 1 aromatic rings. The van der Waals surface area contributed by atoms with Crippen LogP contribution in [0.3, 0.4) is 0 Å². The summed E-state index contributed by atoms with van der Waals surface area (Å²) in [6, 6.07) is 1.61. The van der Waals surface area contributed by atoms with Crippen LogP contribution in [0, 0.1) is 0 Å². The Balaban J connectivity index is 2.99. The van der Waals surface area contributed by atoms with Crippen molar-refractivity contribution >= 4 is 21.6 Å². The fourth-order valence-electron chi connectivity index (χ4n) is 1.67. The van der Waals surface area contributed by atoms with Gasteiger partial charge in [-0.25, -0.2) is 8.42 Å². The van der Waals surface area contributed by atoms with E-state index in [9.17, 15) is 13.2 Å². The summed E-state index contributed by atoms with van der Waals surface area (Å²) in [5.74, 6) is -0.482. The van der Waals surface area contributed by atoms with Crippen molar-refractivity contribution in [3.63, 3.8) is 0 Å². The molecule has 0 saturated heterocycles. The highest BCUT2D eigenvalue weighted by Gasteiger charge is 2.43. The van der Waals surface area contributed by atoms with Crippen LogP contribution in [-0.2, 0) is 20.0 Å². The van der Waals surface area contributed by atoms with Gasteiger partial charge in [-0.3, -0.25) is 10.1 Å². The Hall–Kier alpha value is -1.37. The Morgan fingerprint density at radius 1 is 1.24 bits per heavy atom. The molecule has 0 fully saturated rings. The SMILES string of the molecule is CC(C)S(=O)(=O)C(C)(C)C(=O)Nc1cc(C(C)(C)C)no1. The van der Waals surface area contributed by atoms with Crippen LogP contribution in [0.1, 0.15) is 54.2 Å². The molecule has 0 radical (unpaired) electrons. The number of carbonyl (C=O) groups is 1. The molecule has 120 valence electrons. The van der Waals surface area contributed by atoms with Crippen LogP contribution in [0.25, 0.3) is 0 Å². The highest BCUT2D eigenvalue weighted by atomic mass is 32.2. The quantitative estimate of drug-likeness (QED) is 0.922. The number of hydrogen-bond acceptors (Lipinski definition) is 5. The van der Waals surface area contributed by atoms with E-state index in [1.54, 1.807) is 19.9 Å². The maximum atomic E-state index is 12.3. The zero-order chi connectivity index (χ0) is 16.6. The first-order valence-corrected chi connectivity index (χ1v) is 8.37. The average molecular weight is 316 g/mol. The number of nitrogens with zero attached hydrogens (tertiary/aromatic N) is 1. The molecule has 0 unspecified atom stereocenters. The third-order valence-corrected chi connectivity index (χ3v) is 6.24. The number of sulfone groups is 1. The van der Waals surface area contributed by atoms with E-state index in [0.717, 1.165) is 0 Å². The van der Waals surface area contributed by atoms with Gasteiger partial charge in [0.05, 0.1) is 10.9 Å². The Morgan fingerprint density at radius 2 is 1.76 bits per heavy atom. The smallest absolute Gasteiger partial charge is 0.247 e. The van der Waals surface area contributed by atoms with Crippen molar-refractivity contribution in [1.82, 2.24) is 5.16 Å². The normalized spacial score (nSPS) is 13.5. The summed E-state index contributed by atoms with van der Waals surface area (Å²) in [6.07, 6.45) is 0. The molecule has 21 heavy (non-hydrogen) atoms. The topological polar surface area (TPSA) is 89.3 Å². The summed E-state index contributed by atoms with van der Waals surface area (Å²) < 4.78 is 28.0. The van der Waals surface area contributed by atoms with Crippen LogP contribution in [0.5, 0.6) is 0 Å². The van der Waals surface area contributed by atoms with E-state index in [0.29, 0.717) is 5.69 Å². The van der Waals surface area contributed by atoms with E-state index in [1.807, 2.05) is 20.8 Å². The molecule has 0 atom stereocenters. The van der Waals surface area contributed by atoms with Gasteiger partial charge in [-0.15, -0.1) is 0 Å². The molecule has 0 aliphatic heterocycles. The summed E-state index contributed by atoms with van der Waals surface area (Å²) in [7, 11) is -3.59. The van der Waals surface area contributed by atoms with E-state index in [2.05, 4.69) is 10.5 Å². The van der Waals surface area contributed by atoms with Gasteiger partial charge in [-0.2, -0.15) is 0 Å². The highest BCUT2D eigenvalue weighted by molar-refractivity contribution is 7.94. The Kier molecular flexibility index (Phi) is 4.58. The summed E-state index contributed by atoms with van der Waals surface area (Å²) >= 11 is 0. The zero-order valence-corrected chi connectivity index (χ0v) is 14.5. The second-order valence-electron chi connectivity index (χ2n) is 6.88. The third kappa shape index (κ3) is 3.45. The lowest BCUT2D eigenvalue weighted by molar-refractivity contribution is -0.118. The largest absolute Gasteiger partial charge is 0.338 e. The zero-order valence-electron chi connectivity index (χ0n) is 13.6. The first kappa shape index (κ1) is 17.7. The highest BCUT2D eigenvalue weighted by Crippen LogP contribution is 2.26. The number of carbonyl (C=O) groups excluding carboxylic acids is 1. The van der Waals surface area contributed by atoms with Crippen molar-refractivity contribution in [3.05, 3.63) is 11.8 Å². The molecule has 0 aliphatic rings. The van der Waals surface area contributed by atoms with Crippen molar-refractivity contribution in [1.29, 1.82) is 0 Å². The van der Waals surface area contributed by atoms with Gasteiger partial charge in [0, 0.05) is 11.5 Å². The molecule has 1 aromatic heterocycles. The second-order valence-corrected chi connectivity index (χ2v) is 9.94. The molecule has 0 spiro atoms. The standard InChI is InChI=1S/C14H24N2O4S/c1-9(2)21(18,19)14(6,7)12(17)15-11-8-10(16-20-11)13(3,4)5/h8-9H,1-7H3,(H,15,17). The van der Waals surface area contributed by atoms with Crippen molar-refractivity contribution in [2.24, 2.45) is 0 Å². The predicted molar refractivity (Wildman–Crippen MR) is 82.0 cm³/mol. The molecule has 7 heteroatoms. The maximum absolute atomic E-state index is 12.3. The molecular weight excluding hydrogens is 292 g/mol. The number of hydrogen-bond donors (Lipinski definition) is 1. The minimum Gasteiger partial charge on any atom is -0.338 e. The van der Waals surface area contributed by atoms with Crippen molar-refractivity contribution in [2.45, 2.75) is 63.9 Å². The van der Waals surface area contributed by atoms with Gasteiger partial charge in [0.1, 0.15) is 4.75 Å². The molecule has 6 nitrogen and oxygen atoms in total. The molecule has 1 amide bonds. The molecule has 1 N–H and O–H groups in total. The van der Waals surface area contributed by atoms with E-state index >= 15 is 0 Å². The summed E-state index contributed by atoms with van der Waals surface area (Å²) in [6.45, 7) is 11.8. The van der Waals surface area contributed by atoms with Crippen LogP contribution in [0.2, 0.25) is 0 Å². The van der Waals surface area contributed by atoms with Crippen LogP contribution < -0.4 is 5.32 Å². The Morgan fingerprint density at radius 3 is 2.14 bits per heavy atom. The lowest BCUT2D eigenvalue weighted by atomic mass is 9.92. The van der Waals surface area contributed by atoms with Crippen LogP contribution in [0.4, 0.5) is 5.88 Å². The molecule has 1 heterocycles. The van der Waals surface area contributed by atoms with Crippen LogP contribution in [-0.4, -0.2) is 29.5 Å². The maximum Gasteiger partial charge on any atom is 0.247 e. The fourth-order valence-corrected chi connectivity index (χ4v) is 3.16. The van der Waals surface area contributed by atoms with Crippen molar-refractivity contribution < 1.29 is 17.7 Å². The van der Waals surface area contributed by atoms with E-state index in [1.165, 1.54) is 13.8 Å². The van der Waals surface area contributed by atoms with Gasteiger partial charge >= 0.3 is 0 Å². The van der Waals surface area contributed by atoms with Gasteiger partial charge in [0.25, 0.3) is 0 Å². The Bertz CT molecular complexity index is 622. The number of rotatable bonds is 4. The van der Waals surface area contributed by atoms with Gasteiger partial charge in [0.15, 0.2) is 9.84 Å². The average Bonchev–Trinajstić information content (AvgIpc) is 2.76.